The van der Waals surface area contributed by atoms with Crippen LogP contribution in [0.25, 0.3) is 5.69 Å². The van der Waals surface area contributed by atoms with Gasteiger partial charge in [0.15, 0.2) is 5.16 Å². The van der Waals surface area contributed by atoms with E-state index in [1.54, 1.807) is 18.2 Å². The van der Waals surface area contributed by atoms with Crippen LogP contribution < -0.4 is 5.32 Å². The molecule has 0 atom stereocenters. The second-order valence-electron chi connectivity index (χ2n) is 6.83. The molecule has 0 bridgehead atoms. The van der Waals surface area contributed by atoms with Crippen molar-refractivity contribution in [1.29, 1.82) is 0 Å². The maximum absolute atomic E-state index is 12.5. The molecule has 0 unspecified atom stereocenters. The molecule has 0 fully saturated rings. The third kappa shape index (κ3) is 5.64. The van der Waals surface area contributed by atoms with Crippen molar-refractivity contribution in [2.24, 2.45) is 0 Å². The smallest absolute Gasteiger partial charge is 0.234 e. The molecular formula is C23H17Cl3N4OS. The first kappa shape index (κ1) is 22.7. The van der Waals surface area contributed by atoms with Crippen LogP contribution in [0.1, 0.15) is 11.4 Å². The van der Waals surface area contributed by atoms with E-state index in [2.05, 4.69) is 15.5 Å². The molecule has 0 saturated carbocycles. The van der Waals surface area contributed by atoms with Gasteiger partial charge in [0.25, 0.3) is 0 Å². The van der Waals surface area contributed by atoms with Gasteiger partial charge in [-0.3, -0.25) is 9.36 Å². The summed E-state index contributed by atoms with van der Waals surface area (Å²) in [5, 5.41) is 13.7. The van der Waals surface area contributed by atoms with Crippen molar-refractivity contribution in [3.8, 4) is 5.69 Å². The molecule has 0 spiro atoms. The van der Waals surface area contributed by atoms with E-state index in [-0.39, 0.29) is 11.7 Å². The Kier molecular flexibility index (Phi) is 7.37. The Labute approximate surface area is 204 Å². The number of carbonyl (C=O) groups is 1. The summed E-state index contributed by atoms with van der Waals surface area (Å²) in [6, 6.07) is 22.4. The molecule has 5 nitrogen and oxygen atoms in total. The molecule has 32 heavy (non-hydrogen) atoms. The number of benzene rings is 3. The number of rotatable bonds is 7. The minimum absolute atomic E-state index is 0.125. The highest BCUT2D eigenvalue weighted by Crippen LogP contribution is 2.27. The fourth-order valence-corrected chi connectivity index (χ4v) is 4.28. The molecule has 0 radical (unpaired) electrons. The second-order valence-corrected chi connectivity index (χ2v) is 9.06. The zero-order valence-electron chi connectivity index (χ0n) is 16.6. The van der Waals surface area contributed by atoms with Crippen LogP contribution >= 0.6 is 46.6 Å². The lowest BCUT2D eigenvalue weighted by Gasteiger charge is -2.11. The van der Waals surface area contributed by atoms with Crippen LogP contribution in [0, 0.1) is 0 Å². The van der Waals surface area contributed by atoms with Crippen molar-refractivity contribution in [2.75, 3.05) is 11.1 Å². The van der Waals surface area contributed by atoms with E-state index in [4.69, 9.17) is 34.8 Å². The lowest BCUT2D eigenvalue weighted by atomic mass is 10.1. The van der Waals surface area contributed by atoms with Gasteiger partial charge in [-0.25, -0.2) is 0 Å². The number of nitrogens with one attached hydrogen (secondary N) is 1. The zero-order chi connectivity index (χ0) is 22.5. The van der Waals surface area contributed by atoms with Gasteiger partial charge in [0, 0.05) is 22.2 Å². The first-order chi connectivity index (χ1) is 15.5. The highest BCUT2D eigenvalue weighted by Gasteiger charge is 2.17. The molecule has 0 aliphatic carbocycles. The van der Waals surface area contributed by atoms with Gasteiger partial charge in [-0.2, -0.15) is 0 Å². The van der Waals surface area contributed by atoms with Gasteiger partial charge in [0.2, 0.25) is 5.91 Å². The molecular weight excluding hydrogens is 487 g/mol. The van der Waals surface area contributed by atoms with Gasteiger partial charge in [-0.15, -0.1) is 10.2 Å². The Morgan fingerprint density at radius 2 is 1.62 bits per heavy atom. The SMILES string of the molecule is O=C(CSc1nnc(Cc2ccccc2)n1-c1ccc(Cl)cc1)Nc1cc(Cl)ccc1Cl. The number of anilines is 1. The van der Waals surface area contributed by atoms with Crippen LogP contribution in [0.2, 0.25) is 15.1 Å². The van der Waals surface area contributed by atoms with Crippen molar-refractivity contribution in [2.45, 2.75) is 11.6 Å². The summed E-state index contributed by atoms with van der Waals surface area (Å²) in [6.45, 7) is 0. The molecule has 162 valence electrons. The van der Waals surface area contributed by atoms with E-state index in [0.29, 0.717) is 32.3 Å². The van der Waals surface area contributed by atoms with Gasteiger partial charge in [-0.1, -0.05) is 76.9 Å². The molecule has 3 aromatic carbocycles. The van der Waals surface area contributed by atoms with Crippen molar-refractivity contribution in [3.05, 3.63) is 99.3 Å². The normalized spacial score (nSPS) is 10.8. The largest absolute Gasteiger partial charge is 0.324 e. The quantitative estimate of drug-likeness (QED) is 0.291. The molecule has 1 N–H and O–H groups in total. The van der Waals surface area contributed by atoms with Gasteiger partial charge >= 0.3 is 0 Å². The molecule has 4 aromatic rings. The first-order valence-corrected chi connectivity index (χ1v) is 11.7. The van der Waals surface area contributed by atoms with E-state index in [9.17, 15) is 4.79 Å². The number of carbonyl (C=O) groups excluding carboxylic acids is 1. The summed E-state index contributed by atoms with van der Waals surface area (Å²) in [4.78, 5) is 12.5. The van der Waals surface area contributed by atoms with E-state index < -0.39 is 0 Å². The number of nitrogens with zero attached hydrogens (tertiary/aromatic N) is 3. The summed E-state index contributed by atoms with van der Waals surface area (Å²) in [6.07, 6.45) is 0.599. The number of hydrogen-bond acceptors (Lipinski definition) is 4. The molecule has 1 heterocycles. The Hall–Kier alpha value is -2.51. The van der Waals surface area contributed by atoms with Gasteiger partial charge in [-0.05, 0) is 48.0 Å². The lowest BCUT2D eigenvalue weighted by Crippen LogP contribution is -2.15. The summed E-state index contributed by atoms with van der Waals surface area (Å²) in [7, 11) is 0. The molecule has 0 aliphatic rings. The van der Waals surface area contributed by atoms with Crippen LogP contribution in [0.3, 0.4) is 0 Å². The molecule has 0 saturated heterocycles. The fraction of sp³-hybridized carbons (Fsp3) is 0.0870. The Balaban J connectivity index is 1.55. The lowest BCUT2D eigenvalue weighted by molar-refractivity contribution is -0.113. The summed E-state index contributed by atoms with van der Waals surface area (Å²) in [5.74, 6) is 0.661. The number of thioether (sulfide) groups is 1. The van der Waals surface area contributed by atoms with E-state index in [1.165, 1.54) is 11.8 Å². The first-order valence-electron chi connectivity index (χ1n) is 9.61. The van der Waals surface area contributed by atoms with E-state index >= 15 is 0 Å². The van der Waals surface area contributed by atoms with Gasteiger partial charge < -0.3 is 5.32 Å². The zero-order valence-corrected chi connectivity index (χ0v) is 19.7. The molecule has 4 rings (SSSR count). The predicted octanol–water partition coefficient (Wildman–Crippen LogP) is 6.55. The molecule has 9 heteroatoms. The van der Waals surface area contributed by atoms with E-state index in [1.807, 2.05) is 59.2 Å². The maximum Gasteiger partial charge on any atom is 0.234 e. The summed E-state index contributed by atoms with van der Waals surface area (Å²) < 4.78 is 1.94. The Morgan fingerprint density at radius 1 is 0.906 bits per heavy atom. The monoisotopic (exact) mass is 502 g/mol. The van der Waals surface area contributed by atoms with Crippen LogP contribution in [-0.4, -0.2) is 26.4 Å². The third-order valence-electron chi connectivity index (χ3n) is 4.53. The highest BCUT2D eigenvalue weighted by molar-refractivity contribution is 7.99. The topological polar surface area (TPSA) is 59.8 Å². The highest BCUT2D eigenvalue weighted by atomic mass is 35.5. The third-order valence-corrected chi connectivity index (χ3v) is 6.27. The van der Waals surface area contributed by atoms with Crippen LogP contribution in [0.5, 0.6) is 0 Å². The summed E-state index contributed by atoms with van der Waals surface area (Å²) in [5.41, 5.74) is 2.44. The van der Waals surface area contributed by atoms with Gasteiger partial charge in [0.1, 0.15) is 5.82 Å². The second kappa shape index (κ2) is 10.4. The molecule has 1 amide bonds. The minimum atomic E-state index is -0.227. The fourth-order valence-electron chi connectivity index (χ4n) is 3.05. The number of hydrogen-bond donors (Lipinski definition) is 1. The Bertz CT molecular complexity index is 1230. The maximum atomic E-state index is 12.5. The number of aromatic nitrogens is 3. The van der Waals surface area contributed by atoms with Crippen molar-refractivity contribution in [3.63, 3.8) is 0 Å². The van der Waals surface area contributed by atoms with Crippen LogP contribution in [0.15, 0.2) is 78.0 Å². The molecule has 1 aromatic heterocycles. The number of amides is 1. The van der Waals surface area contributed by atoms with Crippen molar-refractivity contribution in [1.82, 2.24) is 14.8 Å². The molecule has 0 aliphatic heterocycles. The minimum Gasteiger partial charge on any atom is -0.324 e. The standard InChI is InChI=1S/C23H17Cl3N4OS/c24-16-6-9-18(10-7-16)30-21(12-15-4-2-1-3-5-15)28-29-23(30)32-14-22(31)27-20-13-17(25)8-11-19(20)26/h1-11,13H,12,14H2,(H,27,31). The summed E-state index contributed by atoms with van der Waals surface area (Å²) >= 11 is 19.5. The van der Waals surface area contributed by atoms with Crippen molar-refractivity contribution >= 4 is 58.2 Å². The van der Waals surface area contributed by atoms with Gasteiger partial charge in [0.05, 0.1) is 16.5 Å². The van der Waals surface area contributed by atoms with Crippen LogP contribution in [0.4, 0.5) is 5.69 Å². The number of halogens is 3. The van der Waals surface area contributed by atoms with Crippen LogP contribution in [-0.2, 0) is 11.2 Å². The Morgan fingerprint density at radius 3 is 2.38 bits per heavy atom. The average molecular weight is 504 g/mol. The predicted molar refractivity (Wildman–Crippen MR) is 131 cm³/mol. The van der Waals surface area contributed by atoms with E-state index in [0.717, 1.165) is 17.1 Å². The van der Waals surface area contributed by atoms with Crippen molar-refractivity contribution < 1.29 is 4.79 Å². The average Bonchev–Trinajstić information content (AvgIpc) is 3.18.